The molecule has 2 rings (SSSR count). The predicted octanol–water partition coefficient (Wildman–Crippen LogP) is 3.94. The summed E-state index contributed by atoms with van der Waals surface area (Å²) in [4.78, 5) is 11.9. The third-order valence-corrected chi connectivity index (χ3v) is 3.30. The van der Waals surface area contributed by atoms with E-state index in [2.05, 4.69) is 0 Å². The third kappa shape index (κ3) is 4.15. The Morgan fingerprint density at radius 1 is 1.05 bits per heavy atom. The van der Waals surface area contributed by atoms with E-state index in [9.17, 15) is 9.18 Å². The zero-order chi connectivity index (χ0) is 15.4. The van der Waals surface area contributed by atoms with E-state index in [4.69, 9.17) is 4.74 Å². The normalized spacial score (nSPS) is 10.5. The van der Waals surface area contributed by atoms with Crippen LogP contribution < -0.4 is 4.74 Å². The Labute approximate surface area is 124 Å². The van der Waals surface area contributed by atoms with Crippen LogP contribution in [0.1, 0.15) is 22.3 Å². The first-order valence-corrected chi connectivity index (χ1v) is 6.92. The third-order valence-electron chi connectivity index (χ3n) is 3.30. The molecule has 0 aliphatic carbocycles. The Morgan fingerprint density at radius 2 is 1.62 bits per heavy atom. The number of aryl methyl sites for hydroxylation is 3. The van der Waals surface area contributed by atoms with Crippen molar-refractivity contribution in [3.05, 3.63) is 64.5 Å². The molecule has 21 heavy (non-hydrogen) atoms. The number of hydrogen-bond acceptors (Lipinski definition) is 2. The topological polar surface area (TPSA) is 26.3 Å². The van der Waals surface area contributed by atoms with E-state index in [0.29, 0.717) is 0 Å². The molecule has 2 aromatic rings. The number of carbonyl (C=O) groups excluding carboxylic acids is 1. The van der Waals surface area contributed by atoms with Gasteiger partial charge in [-0.25, -0.2) is 4.39 Å². The van der Waals surface area contributed by atoms with Crippen LogP contribution in [-0.4, -0.2) is 12.4 Å². The maximum atomic E-state index is 12.8. The monoisotopic (exact) mass is 286 g/mol. The molecule has 0 radical (unpaired) electrons. The molecule has 2 nitrogen and oxygen atoms in total. The van der Waals surface area contributed by atoms with Gasteiger partial charge in [-0.3, -0.25) is 4.79 Å². The number of rotatable bonds is 5. The Hall–Kier alpha value is -2.16. The molecule has 0 aromatic heterocycles. The van der Waals surface area contributed by atoms with E-state index in [1.165, 1.54) is 17.7 Å². The zero-order valence-corrected chi connectivity index (χ0v) is 12.6. The standard InChI is InChI=1S/C18H19FO2/c1-12-8-13(2)18(14(3)9-12)21-11-17(20)10-15-4-6-16(19)7-5-15/h4-9H,10-11H2,1-3H3. The number of ketones is 1. The fourth-order valence-corrected chi connectivity index (χ4v) is 2.43. The summed E-state index contributed by atoms with van der Waals surface area (Å²) in [5.74, 6) is 0.447. The molecule has 3 heteroatoms. The lowest BCUT2D eigenvalue weighted by Crippen LogP contribution is -2.14. The average molecular weight is 286 g/mol. The molecule has 0 amide bonds. The SMILES string of the molecule is Cc1cc(C)c(OCC(=O)Cc2ccc(F)cc2)c(C)c1. The molecule has 110 valence electrons. The van der Waals surface area contributed by atoms with Crippen LogP contribution in [0.25, 0.3) is 0 Å². The van der Waals surface area contributed by atoms with Gasteiger partial charge in [0.25, 0.3) is 0 Å². The minimum Gasteiger partial charge on any atom is -0.485 e. The maximum absolute atomic E-state index is 12.8. The number of halogens is 1. The summed E-state index contributed by atoms with van der Waals surface area (Å²) in [6, 6.07) is 10.0. The molecule has 0 spiro atoms. The average Bonchev–Trinajstić information content (AvgIpc) is 2.40. The molecule has 0 aliphatic rings. The minimum absolute atomic E-state index is 0.0269. The lowest BCUT2D eigenvalue weighted by Gasteiger charge is -2.12. The quantitative estimate of drug-likeness (QED) is 0.832. The smallest absolute Gasteiger partial charge is 0.174 e. The van der Waals surface area contributed by atoms with Gasteiger partial charge < -0.3 is 4.74 Å². The summed E-state index contributed by atoms with van der Waals surface area (Å²) < 4.78 is 18.5. The van der Waals surface area contributed by atoms with Gasteiger partial charge in [-0.1, -0.05) is 29.8 Å². The van der Waals surface area contributed by atoms with Crippen molar-refractivity contribution in [2.45, 2.75) is 27.2 Å². The van der Waals surface area contributed by atoms with Gasteiger partial charge in [-0.2, -0.15) is 0 Å². The van der Waals surface area contributed by atoms with E-state index in [1.54, 1.807) is 12.1 Å². The van der Waals surface area contributed by atoms with E-state index in [0.717, 1.165) is 22.4 Å². The number of ether oxygens (including phenoxy) is 1. The number of hydrogen-bond donors (Lipinski definition) is 0. The van der Waals surface area contributed by atoms with Crippen molar-refractivity contribution in [3.8, 4) is 5.75 Å². The molecular formula is C18H19FO2. The van der Waals surface area contributed by atoms with Crippen molar-refractivity contribution >= 4 is 5.78 Å². The van der Waals surface area contributed by atoms with Crippen molar-refractivity contribution in [3.63, 3.8) is 0 Å². The Bertz CT molecular complexity index is 622. The highest BCUT2D eigenvalue weighted by Crippen LogP contribution is 2.24. The molecule has 0 aliphatic heterocycles. The molecule has 0 saturated heterocycles. The van der Waals surface area contributed by atoms with E-state index < -0.39 is 0 Å². The summed E-state index contributed by atoms with van der Waals surface area (Å²) in [6.45, 7) is 6.01. The van der Waals surface area contributed by atoms with Crippen LogP contribution in [0.5, 0.6) is 5.75 Å². The summed E-state index contributed by atoms with van der Waals surface area (Å²) >= 11 is 0. The largest absolute Gasteiger partial charge is 0.485 e. The lowest BCUT2D eigenvalue weighted by atomic mass is 10.1. The van der Waals surface area contributed by atoms with Crippen LogP contribution in [0.2, 0.25) is 0 Å². The summed E-state index contributed by atoms with van der Waals surface area (Å²) in [5.41, 5.74) is 4.03. The molecule has 0 N–H and O–H groups in total. The Balaban J connectivity index is 1.97. The second-order valence-electron chi connectivity index (χ2n) is 5.36. The highest BCUT2D eigenvalue weighted by Gasteiger charge is 2.09. The summed E-state index contributed by atoms with van der Waals surface area (Å²) in [5, 5.41) is 0. The van der Waals surface area contributed by atoms with Crippen molar-refractivity contribution in [2.75, 3.05) is 6.61 Å². The fraction of sp³-hybridized carbons (Fsp3) is 0.278. The van der Waals surface area contributed by atoms with Gasteiger partial charge in [0.05, 0.1) is 0 Å². The first-order valence-electron chi connectivity index (χ1n) is 6.92. The van der Waals surface area contributed by atoms with Crippen molar-refractivity contribution in [2.24, 2.45) is 0 Å². The van der Waals surface area contributed by atoms with Crippen LogP contribution >= 0.6 is 0 Å². The number of benzene rings is 2. The van der Waals surface area contributed by atoms with E-state index >= 15 is 0 Å². The molecule has 0 fully saturated rings. The van der Waals surface area contributed by atoms with Gasteiger partial charge in [-0.05, 0) is 49.6 Å². The zero-order valence-electron chi connectivity index (χ0n) is 12.6. The Morgan fingerprint density at radius 3 is 2.19 bits per heavy atom. The molecule has 0 unspecified atom stereocenters. The highest BCUT2D eigenvalue weighted by atomic mass is 19.1. The van der Waals surface area contributed by atoms with Gasteiger partial charge in [-0.15, -0.1) is 0 Å². The minimum atomic E-state index is -0.298. The van der Waals surface area contributed by atoms with Gasteiger partial charge in [0.1, 0.15) is 18.2 Å². The second kappa shape index (κ2) is 6.53. The number of carbonyl (C=O) groups is 1. The Kier molecular flexibility index (Phi) is 4.73. The van der Waals surface area contributed by atoms with Gasteiger partial charge >= 0.3 is 0 Å². The second-order valence-corrected chi connectivity index (χ2v) is 5.36. The lowest BCUT2D eigenvalue weighted by molar-refractivity contribution is -0.120. The summed E-state index contributed by atoms with van der Waals surface area (Å²) in [6.07, 6.45) is 0.254. The van der Waals surface area contributed by atoms with Crippen molar-refractivity contribution in [1.29, 1.82) is 0 Å². The first kappa shape index (κ1) is 15.2. The fourth-order valence-electron chi connectivity index (χ4n) is 2.43. The molecule has 0 saturated carbocycles. The molecule has 0 bridgehead atoms. The summed E-state index contributed by atoms with van der Waals surface area (Å²) in [7, 11) is 0. The molecule has 0 atom stereocenters. The van der Waals surface area contributed by atoms with Crippen LogP contribution in [0.3, 0.4) is 0 Å². The maximum Gasteiger partial charge on any atom is 0.174 e. The van der Waals surface area contributed by atoms with Crippen LogP contribution in [0, 0.1) is 26.6 Å². The van der Waals surface area contributed by atoms with Crippen LogP contribution in [-0.2, 0) is 11.2 Å². The van der Waals surface area contributed by atoms with E-state index in [1.807, 2.05) is 32.9 Å². The van der Waals surface area contributed by atoms with Gasteiger partial charge in [0, 0.05) is 6.42 Å². The van der Waals surface area contributed by atoms with Crippen molar-refractivity contribution < 1.29 is 13.9 Å². The number of Topliss-reactive ketones (excluding diaryl/α,β-unsaturated/α-hetero) is 1. The van der Waals surface area contributed by atoms with Gasteiger partial charge in [0.2, 0.25) is 0 Å². The van der Waals surface area contributed by atoms with Crippen LogP contribution in [0.4, 0.5) is 4.39 Å². The highest BCUT2D eigenvalue weighted by molar-refractivity contribution is 5.82. The van der Waals surface area contributed by atoms with E-state index in [-0.39, 0.29) is 24.6 Å². The first-order chi connectivity index (χ1) is 9.95. The molecular weight excluding hydrogens is 267 g/mol. The molecule has 0 heterocycles. The molecule has 2 aromatic carbocycles. The predicted molar refractivity (Wildman–Crippen MR) is 81.3 cm³/mol. The van der Waals surface area contributed by atoms with Gasteiger partial charge in [0.15, 0.2) is 5.78 Å². The van der Waals surface area contributed by atoms with Crippen LogP contribution in [0.15, 0.2) is 36.4 Å². The van der Waals surface area contributed by atoms with Crippen molar-refractivity contribution in [1.82, 2.24) is 0 Å².